The van der Waals surface area contributed by atoms with Gasteiger partial charge in [-0.1, -0.05) is 6.07 Å². The molecule has 0 atom stereocenters. The topological polar surface area (TPSA) is 58.4 Å². The van der Waals surface area contributed by atoms with Crippen molar-refractivity contribution in [3.8, 4) is 0 Å². The van der Waals surface area contributed by atoms with Gasteiger partial charge in [-0.3, -0.25) is 4.79 Å². The molecular formula is C15H19N3OS. The lowest BCUT2D eigenvalue weighted by molar-refractivity contribution is 0.0827. The number of nitrogen functional groups attached to an aromatic ring is 1. The van der Waals surface area contributed by atoms with Gasteiger partial charge in [-0.2, -0.15) is 0 Å². The predicted octanol–water partition coefficient (Wildman–Crippen LogP) is 2.95. The van der Waals surface area contributed by atoms with E-state index in [1.165, 1.54) is 0 Å². The minimum atomic E-state index is 0.00341. The number of aryl methyl sites for hydroxylation is 1. The average molecular weight is 289 g/mol. The zero-order valence-corrected chi connectivity index (χ0v) is 12.8. The Kier molecular flexibility index (Phi) is 4.29. The number of nitrogens with one attached hydrogen (secondary N) is 1. The first kappa shape index (κ1) is 14.4. The van der Waals surface area contributed by atoms with Crippen LogP contribution in [-0.4, -0.2) is 24.9 Å². The highest BCUT2D eigenvalue weighted by Gasteiger charge is 2.10. The fourth-order valence-corrected chi connectivity index (χ4v) is 2.61. The number of nitrogens with two attached hydrogens (primary N) is 1. The standard InChI is InChI=1S/C15H19N3OS/c1-10-4-5-11(15(19)18(2)3)8-13(10)17-9-14-12(16)6-7-20-14/h4-8,17H,9,16H2,1-3H3. The molecule has 0 aliphatic rings. The Morgan fingerprint density at radius 3 is 2.70 bits per heavy atom. The molecular weight excluding hydrogens is 270 g/mol. The van der Waals surface area contributed by atoms with E-state index in [0.717, 1.165) is 21.8 Å². The number of anilines is 2. The van der Waals surface area contributed by atoms with E-state index in [2.05, 4.69) is 5.32 Å². The fraction of sp³-hybridized carbons (Fsp3) is 0.267. The first-order valence-electron chi connectivity index (χ1n) is 6.37. The number of hydrogen-bond acceptors (Lipinski definition) is 4. The summed E-state index contributed by atoms with van der Waals surface area (Å²) in [6, 6.07) is 7.60. The molecule has 0 bridgehead atoms. The van der Waals surface area contributed by atoms with Crippen LogP contribution in [0.3, 0.4) is 0 Å². The first-order valence-corrected chi connectivity index (χ1v) is 7.25. The lowest BCUT2D eigenvalue weighted by Gasteiger charge is -2.14. The first-order chi connectivity index (χ1) is 9.49. The molecule has 2 aromatic rings. The van der Waals surface area contributed by atoms with Crippen LogP contribution in [0.5, 0.6) is 0 Å². The second kappa shape index (κ2) is 5.96. The maximum absolute atomic E-state index is 12.0. The molecule has 0 aliphatic heterocycles. The maximum Gasteiger partial charge on any atom is 0.253 e. The van der Waals surface area contributed by atoms with Gasteiger partial charge in [0.25, 0.3) is 5.91 Å². The summed E-state index contributed by atoms with van der Waals surface area (Å²) in [5.41, 5.74) is 9.43. The van der Waals surface area contributed by atoms with Gasteiger partial charge < -0.3 is 16.0 Å². The summed E-state index contributed by atoms with van der Waals surface area (Å²) in [5.74, 6) is 0.00341. The molecule has 3 N–H and O–H groups in total. The Labute approximate surface area is 123 Å². The van der Waals surface area contributed by atoms with Gasteiger partial charge in [-0.15, -0.1) is 11.3 Å². The molecule has 1 aromatic heterocycles. The van der Waals surface area contributed by atoms with Crippen LogP contribution in [0.2, 0.25) is 0 Å². The van der Waals surface area contributed by atoms with Crippen molar-refractivity contribution in [1.29, 1.82) is 0 Å². The fourth-order valence-electron chi connectivity index (χ4n) is 1.87. The third kappa shape index (κ3) is 3.11. The smallest absolute Gasteiger partial charge is 0.253 e. The van der Waals surface area contributed by atoms with E-state index in [1.807, 2.05) is 36.6 Å². The summed E-state index contributed by atoms with van der Waals surface area (Å²) in [6.45, 7) is 2.69. The molecule has 2 rings (SSSR count). The van der Waals surface area contributed by atoms with Gasteiger partial charge in [0.1, 0.15) is 0 Å². The lowest BCUT2D eigenvalue weighted by Crippen LogP contribution is -2.21. The van der Waals surface area contributed by atoms with Crippen LogP contribution in [-0.2, 0) is 6.54 Å². The van der Waals surface area contributed by atoms with Crippen molar-refractivity contribution >= 4 is 28.6 Å². The second-order valence-electron chi connectivity index (χ2n) is 4.88. The molecule has 106 valence electrons. The highest BCUT2D eigenvalue weighted by molar-refractivity contribution is 7.10. The van der Waals surface area contributed by atoms with E-state index in [4.69, 9.17) is 5.73 Å². The number of rotatable bonds is 4. The highest BCUT2D eigenvalue weighted by Crippen LogP contribution is 2.23. The Hall–Kier alpha value is -2.01. The summed E-state index contributed by atoms with van der Waals surface area (Å²) < 4.78 is 0. The number of amides is 1. The van der Waals surface area contributed by atoms with Gasteiger partial charge in [0, 0.05) is 35.9 Å². The summed E-state index contributed by atoms with van der Waals surface area (Å²) in [4.78, 5) is 14.7. The molecule has 1 heterocycles. The minimum Gasteiger partial charge on any atom is -0.398 e. The molecule has 0 radical (unpaired) electrons. The van der Waals surface area contributed by atoms with E-state index in [-0.39, 0.29) is 5.91 Å². The van der Waals surface area contributed by atoms with E-state index >= 15 is 0 Å². The monoisotopic (exact) mass is 289 g/mol. The van der Waals surface area contributed by atoms with Crippen molar-refractivity contribution in [3.05, 3.63) is 45.6 Å². The van der Waals surface area contributed by atoms with E-state index < -0.39 is 0 Å². The van der Waals surface area contributed by atoms with Crippen LogP contribution in [0, 0.1) is 6.92 Å². The molecule has 0 saturated heterocycles. The molecule has 1 aromatic carbocycles. The summed E-state index contributed by atoms with van der Waals surface area (Å²) >= 11 is 1.63. The van der Waals surface area contributed by atoms with Crippen molar-refractivity contribution in [2.45, 2.75) is 13.5 Å². The molecule has 1 amide bonds. The van der Waals surface area contributed by atoms with Crippen molar-refractivity contribution in [1.82, 2.24) is 4.90 Å². The van der Waals surface area contributed by atoms with Crippen LogP contribution < -0.4 is 11.1 Å². The summed E-state index contributed by atoms with van der Waals surface area (Å²) in [6.07, 6.45) is 0. The van der Waals surface area contributed by atoms with Gasteiger partial charge in [0.05, 0.1) is 6.54 Å². The SMILES string of the molecule is Cc1ccc(C(=O)N(C)C)cc1NCc1sccc1N. The number of benzene rings is 1. The maximum atomic E-state index is 12.0. The van der Waals surface area contributed by atoms with Crippen LogP contribution in [0.25, 0.3) is 0 Å². The molecule has 0 aliphatic carbocycles. The number of carbonyl (C=O) groups excluding carboxylic acids is 1. The summed E-state index contributed by atoms with van der Waals surface area (Å²) in [5, 5.41) is 5.33. The van der Waals surface area contributed by atoms with Gasteiger partial charge in [0.15, 0.2) is 0 Å². The van der Waals surface area contributed by atoms with Gasteiger partial charge >= 0.3 is 0 Å². The van der Waals surface area contributed by atoms with E-state index in [1.54, 1.807) is 30.3 Å². The van der Waals surface area contributed by atoms with Crippen LogP contribution in [0.15, 0.2) is 29.6 Å². The van der Waals surface area contributed by atoms with Gasteiger partial charge in [-0.25, -0.2) is 0 Å². The molecule has 4 nitrogen and oxygen atoms in total. The van der Waals surface area contributed by atoms with E-state index in [9.17, 15) is 4.79 Å². The van der Waals surface area contributed by atoms with Crippen molar-refractivity contribution in [2.24, 2.45) is 0 Å². The third-order valence-corrected chi connectivity index (χ3v) is 4.05. The van der Waals surface area contributed by atoms with E-state index in [0.29, 0.717) is 12.1 Å². The molecule has 0 unspecified atom stereocenters. The Morgan fingerprint density at radius 2 is 2.10 bits per heavy atom. The van der Waals surface area contributed by atoms with Gasteiger partial charge in [0.2, 0.25) is 0 Å². The molecule has 0 fully saturated rings. The minimum absolute atomic E-state index is 0.00341. The van der Waals surface area contributed by atoms with Crippen LogP contribution in [0.4, 0.5) is 11.4 Å². The normalized spacial score (nSPS) is 10.3. The zero-order chi connectivity index (χ0) is 14.7. The zero-order valence-electron chi connectivity index (χ0n) is 11.9. The van der Waals surface area contributed by atoms with Crippen molar-refractivity contribution in [3.63, 3.8) is 0 Å². The molecule has 5 heteroatoms. The molecule has 0 spiro atoms. The second-order valence-corrected chi connectivity index (χ2v) is 5.88. The van der Waals surface area contributed by atoms with Crippen LogP contribution in [0.1, 0.15) is 20.8 Å². The Morgan fingerprint density at radius 1 is 1.35 bits per heavy atom. The quantitative estimate of drug-likeness (QED) is 0.910. The molecule has 20 heavy (non-hydrogen) atoms. The van der Waals surface area contributed by atoms with Crippen molar-refractivity contribution in [2.75, 3.05) is 25.1 Å². The van der Waals surface area contributed by atoms with Gasteiger partial charge in [-0.05, 0) is 36.1 Å². The van der Waals surface area contributed by atoms with Crippen LogP contribution >= 0.6 is 11.3 Å². The highest BCUT2D eigenvalue weighted by atomic mass is 32.1. The lowest BCUT2D eigenvalue weighted by atomic mass is 10.1. The summed E-state index contributed by atoms with van der Waals surface area (Å²) in [7, 11) is 3.50. The number of hydrogen-bond donors (Lipinski definition) is 2. The predicted molar refractivity (Wildman–Crippen MR) is 85.3 cm³/mol. The van der Waals surface area contributed by atoms with Crippen molar-refractivity contribution < 1.29 is 4.79 Å². The number of nitrogens with zero attached hydrogens (tertiary/aromatic N) is 1. The number of carbonyl (C=O) groups is 1. The molecule has 0 saturated carbocycles. The average Bonchev–Trinajstić information content (AvgIpc) is 2.82. The number of thiophene rings is 1. The third-order valence-electron chi connectivity index (χ3n) is 3.11. The Bertz CT molecular complexity index is 619. The largest absolute Gasteiger partial charge is 0.398 e. The Balaban J connectivity index is 2.17.